The molecule has 2 aromatic carbocycles. The second-order valence-corrected chi connectivity index (χ2v) is 5.89. The topological polar surface area (TPSA) is 65.2 Å². The van der Waals surface area contributed by atoms with E-state index in [1.165, 1.54) is 23.9 Å². The molecule has 130 valence electrons. The van der Waals surface area contributed by atoms with Gasteiger partial charge in [-0.1, -0.05) is 47.9 Å². The summed E-state index contributed by atoms with van der Waals surface area (Å²) in [5, 5.41) is 8.09. The Hall–Kier alpha value is -3.11. The number of rotatable bonds is 5. The number of ether oxygens (including phenoxy) is 1. The fraction of sp³-hybridized carbons (Fsp3) is 0.105. The Kier molecular flexibility index (Phi) is 6.01. The molecule has 0 spiro atoms. The molecule has 0 saturated carbocycles. The first kappa shape index (κ1) is 17.7. The van der Waals surface area contributed by atoms with E-state index in [0.717, 1.165) is 0 Å². The van der Waals surface area contributed by atoms with Crippen molar-refractivity contribution in [2.45, 2.75) is 5.22 Å². The normalized spacial score (nSPS) is 10.0. The molecule has 1 heterocycles. The van der Waals surface area contributed by atoms with Crippen molar-refractivity contribution in [1.82, 2.24) is 10.2 Å². The first-order chi connectivity index (χ1) is 12.7. The van der Waals surface area contributed by atoms with Crippen LogP contribution in [0.5, 0.6) is 0 Å². The molecule has 0 unspecified atom stereocenters. The van der Waals surface area contributed by atoms with E-state index in [4.69, 9.17) is 9.15 Å². The fourth-order valence-corrected chi connectivity index (χ4v) is 2.50. The van der Waals surface area contributed by atoms with Crippen LogP contribution in [0.25, 0.3) is 11.5 Å². The maximum absolute atomic E-state index is 13.2. The number of hydrogen-bond donors (Lipinski definition) is 0. The summed E-state index contributed by atoms with van der Waals surface area (Å²) in [5.74, 6) is 5.46. The molecule has 0 amide bonds. The van der Waals surface area contributed by atoms with Crippen molar-refractivity contribution in [2.24, 2.45) is 0 Å². The molecule has 0 radical (unpaired) electrons. The average molecular weight is 368 g/mol. The molecule has 0 saturated heterocycles. The van der Waals surface area contributed by atoms with Gasteiger partial charge >= 0.3 is 5.97 Å². The highest BCUT2D eigenvalue weighted by molar-refractivity contribution is 7.99. The molecule has 1 aromatic heterocycles. The van der Waals surface area contributed by atoms with Gasteiger partial charge in [-0.2, -0.15) is 0 Å². The number of benzene rings is 2. The van der Waals surface area contributed by atoms with Crippen molar-refractivity contribution in [3.8, 4) is 23.3 Å². The van der Waals surface area contributed by atoms with Gasteiger partial charge in [0.1, 0.15) is 5.82 Å². The number of nitrogens with zero attached hydrogens (tertiary/aromatic N) is 2. The van der Waals surface area contributed by atoms with Crippen LogP contribution in [0.2, 0.25) is 0 Å². The van der Waals surface area contributed by atoms with Crippen LogP contribution in [0, 0.1) is 17.7 Å². The van der Waals surface area contributed by atoms with Crippen molar-refractivity contribution < 1.29 is 18.3 Å². The number of halogens is 1. The van der Waals surface area contributed by atoms with E-state index in [-0.39, 0.29) is 18.3 Å². The quantitative estimate of drug-likeness (QED) is 0.387. The van der Waals surface area contributed by atoms with Gasteiger partial charge in [-0.3, -0.25) is 0 Å². The van der Waals surface area contributed by atoms with Gasteiger partial charge in [-0.15, -0.1) is 10.2 Å². The molecular weight excluding hydrogens is 355 g/mol. The Bertz CT molecular complexity index is 948. The van der Waals surface area contributed by atoms with Gasteiger partial charge in [0.15, 0.2) is 6.61 Å². The minimum absolute atomic E-state index is 0.00661. The maximum atomic E-state index is 13.2. The molecule has 3 rings (SSSR count). The van der Waals surface area contributed by atoms with E-state index in [9.17, 15) is 9.18 Å². The number of aromatic nitrogens is 2. The summed E-state index contributed by atoms with van der Waals surface area (Å²) in [6.07, 6.45) is 0. The highest BCUT2D eigenvalue weighted by Crippen LogP contribution is 2.23. The van der Waals surface area contributed by atoms with E-state index < -0.39 is 5.97 Å². The minimum atomic E-state index is -0.413. The van der Waals surface area contributed by atoms with Crippen LogP contribution in [-0.2, 0) is 4.74 Å². The molecule has 0 bridgehead atoms. The van der Waals surface area contributed by atoms with E-state index in [0.29, 0.717) is 22.1 Å². The van der Waals surface area contributed by atoms with Crippen LogP contribution < -0.4 is 0 Å². The summed E-state index contributed by atoms with van der Waals surface area (Å²) in [6, 6.07) is 14.6. The predicted molar refractivity (Wildman–Crippen MR) is 94.9 cm³/mol. The highest BCUT2D eigenvalue weighted by Gasteiger charge is 2.09. The third-order valence-corrected chi connectivity index (χ3v) is 3.86. The Morgan fingerprint density at radius 1 is 1.12 bits per heavy atom. The molecular formula is C19H13FN2O3S. The summed E-state index contributed by atoms with van der Waals surface area (Å²) >= 11 is 1.25. The van der Waals surface area contributed by atoms with Crippen LogP contribution >= 0.6 is 11.8 Å². The molecule has 0 aliphatic heterocycles. The lowest BCUT2D eigenvalue weighted by molar-refractivity contribution is 0.0556. The smallest absolute Gasteiger partial charge is 0.339 e. The number of thioether (sulfide) groups is 1. The van der Waals surface area contributed by atoms with E-state index >= 15 is 0 Å². The molecule has 5 nitrogen and oxygen atoms in total. The number of carbonyl (C=O) groups excluding carboxylic acids is 1. The van der Waals surface area contributed by atoms with Gasteiger partial charge < -0.3 is 9.15 Å². The zero-order valence-corrected chi connectivity index (χ0v) is 14.3. The van der Waals surface area contributed by atoms with Gasteiger partial charge in [0.25, 0.3) is 5.22 Å². The molecule has 3 aromatic rings. The third-order valence-electron chi connectivity index (χ3n) is 3.16. The first-order valence-electron chi connectivity index (χ1n) is 7.62. The molecule has 0 atom stereocenters. The lowest BCUT2D eigenvalue weighted by atomic mass is 10.2. The second kappa shape index (κ2) is 8.83. The van der Waals surface area contributed by atoms with Crippen molar-refractivity contribution >= 4 is 17.7 Å². The second-order valence-electron chi connectivity index (χ2n) is 4.97. The van der Waals surface area contributed by atoms with Crippen LogP contribution in [0.15, 0.2) is 64.2 Å². The van der Waals surface area contributed by atoms with Gasteiger partial charge in [-0.05, 0) is 30.3 Å². The first-order valence-corrected chi connectivity index (χ1v) is 8.61. The van der Waals surface area contributed by atoms with Crippen LogP contribution in [0.4, 0.5) is 4.39 Å². The van der Waals surface area contributed by atoms with Crippen molar-refractivity contribution in [3.05, 3.63) is 66.0 Å². The van der Waals surface area contributed by atoms with Crippen molar-refractivity contribution in [2.75, 3.05) is 12.4 Å². The zero-order chi connectivity index (χ0) is 18.2. The summed E-state index contributed by atoms with van der Waals surface area (Å²) in [5.41, 5.74) is 1.00. The lowest BCUT2D eigenvalue weighted by Gasteiger charge is -1.99. The van der Waals surface area contributed by atoms with E-state index in [1.807, 2.05) is 6.07 Å². The molecule has 0 aliphatic rings. The van der Waals surface area contributed by atoms with Crippen molar-refractivity contribution in [1.29, 1.82) is 0 Å². The fourth-order valence-electron chi connectivity index (χ4n) is 1.97. The lowest BCUT2D eigenvalue weighted by Crippen LogP contribution is -2.04. The summed E-state index contributed by atoms with van der Waals surface area (Å²) < 4.78 is 23.7. The molecule has 0 N–H and O–H groups in total. The zero-order valence-electron chi connectivity index (χ0n) is 13.5. The summed E-state index contributed by atoms with van der Waals surface area (Å²) in [7, 11) is 0. The Balaban J connectivity index is 1.45. The number of hydrogen-bond acceptors (Lipinski definition) is 6. The largest absolute Gasteiger partial charge is 0.449 e. The standard InChI is InChI=1S/C19H13FN2O3S/c20-16-10-6-9-15(13-16)17-21-22-19(25-17)26-12-5-4-11-24-18(23)14-7-2-1-3-8-14/h1-3,6-10,13H,11-12H2. The van der Waals surface area contributed by atoms with Gasteiger partial charge in [-0.25, -0.2) is 9.18 Å². The van der Waals surface area contributed by atoms with E-state index in [1.54, 1.807) is 36.4 Å². The summed E-state index contributed by atoms with van der Waals surface area (Å²) in [6.45, 7) is 0.00661. The van der Waals surface area contributed by atoms with Crippen LogP contribution in [0.1, 0.15) is 10.4 Å². The minimum Gasteiger partial charge on any atom is -0.449 e. The van der Waals surface area contributed by atoms with Crippen molar-refractivity contribution in [3.63, 3.8) is 0 Å². The Labute approximate surface area is 153 Å². The van der Waals surface area contributed by atoms with Crippen LogP contribution in [0.3, 0.4) is 0 Å². The molecule has 0 aliphatic carbocycles. The maximum Gasteiger partial charge on any atom is 0.339 e. The van der Waals surface area contributed by atoms with Gasteiger partial charge in [0.05, 0.1) is 11.3 Å². The average Bonchev–Trinajstić information content (AvgIpc) is 3.14. The number of esters is 1. The Morgan fingerprint density at radius 2 is 1.96 bits per heavy atom. The van der Waals surface area contributed by atoms with Gasteiger partial charge in [0, 0.05) is 5.56 Å². The third kappa shape index (κ3) is 4.94. The highest BCUT2D eigenvalue weighted by atomic mass is 32.2. The predicted octanol–water partition coefficient (Wildman–Crippen LogP) is 3.83. The number of carbonyl (C=O) groups is 1. The SMILES string of the molecule is O=C(OCC#CCSc1nnc(-c2cccc(F)c2)o1)c1ccccc1. The Morgan fingerprint density at radius 3 is 2.77 bits per heavy atom. The van der Waals surface area contributed by atoms with Crippen LogP contribution in [-0.4, -0.2) is 28.5 Å². The monoisotopic (exact) mass is 368 g/mol. The van der Waals surface area contributed by atoms with Gasteiger partial charge in [0.2, 0.25) is 5.89 Å². The molecule has 0 fully saturated rings. The van der Waals surface area contributed by atoms with E-state index in [2.05, 4.69) is 22.0 Å². The molecule has 26 heavy (non-hydrogen) atoms. The molecule has 7 heteroatoms. The summed E-state index contributed by atoms with van der Waals surface area (Å²) in [4.78, 5) is 11.7.